The number of nitrogens with zero attached hydrogens (tertiary/aromatic N) is 1. The first-order valence-corrected chi connectivity index (χ1v) is 7.74. The molecule has 1 heterocycles. The molecule has 0 saturated carbocycles. The average Bonchev–Trinajstić information content (AvgIpc) is 2.76. The van der Waals surface area contributed by atoms with E-state index in [2.05, 4.69) is 74.3 Å². The number of aromatic nitrogens is 1. The number of fused-ring (bicyclic) bond motifs is 3. The normalized spacial score (nSPS) is 14.5. The highest BCUT2D eigenvalue weighted by molar-refractivity contribution is 5.83. The molecule has 0 bridgehead atoms. The van der Waals surface area contributed by atoms with E-state index < -0.39 is 0 Å². The van der Waals surface area contributed by atoms with E-state index in [0.717, 1.165) is 0 Å². The van der Waals surface area contributed by atoms with Gasteiger partial charge < -0.3 is 0 Å². The molecule has 1 nitrogen and oxygen atoms in total. The average molecular weight is 285 g/mol. The predicted molar refractivity (Wildman–Crippen MR) is 92.0 cm³/mol. The van der Waals surface area contributed by atoms with E-state index in [1.165, 1.54) is 38.9 Å². The van der Waals surface area contributed by atoms with Crippen molar-refractivity contribution < 1.29 is 0 Å². The molecule has 0 saturated heterocycles. The van der Waals surface area contributed by atoms with Gasteiger partial charge in [-0.1, -0.05) is 49.7 Å². The van der Waals surface area contributed by atoms with Crippen LogP contribution < -0.4 is 0 Å². The Labute approximate surface area is 131 Å². The minimum absolute atomic E-state index is 0.0553. The van der Waals surface area contributed by atoms with Crippen molar-refractivity contribution in [2.24, 2.45) is 0 Å². The van der Waals surface area contributed by atoms with Crippen LogP contribution in [0.1, 0.15) is 30.5 Å². The second kappa shape index (κ2) is 4.54. The van der Waals surface area contributed by atoms with Gasteiger partial charge in [0.15, 0.2) is 0 Å². The van der Waals surface area contributed by atoms with E-state index in [-0.39, 0.29) is 5.41 Å². The van der Waals surface area contributed by atoms with Crippen molar-refractivity contribution in [2.45, 2.75) is 26.2 Å². The zero-order chi connectivity index (χ0) is 15.3. The summed E-state index contributed by atoms with van der Waals surface area (Å²) in [7, 11) is 0. The summed E-state index contributed by atoms with van der Waals surface area (Å²) < 4.78 is 0. The summed E-state index contributed by atoms with van der Waals surface area (Å²) >= 11 is 0. The fourth-order valence-corrected chi connectivity index (χ4v) is 3.58. The molecule has 1 aromatic heterocycles. The quantitative estimate of drug-likeness (QED) is 0.586. The molecule has 0 fully saturated rings. The van der Waals surface area contributed by atoms with E-state index in [1.54, 1.807) is 0 Å². The molecule has 4 rings (SSSR count). The molecule has 0 radical (unpaired) electrons. The Bertz CT molecular complexity index is 860. The second-order valence-corrected chi connectivity index (χ2v) is 6.67. The van der Waals surface area contributed by atoms with Gasteiger partial charge in [-0.05, 0) is 58.5 Å². The summed E-state index contributed by atoms with van der Waals surface area (Å²) in [5, 5.41) is 0. The lowest BCUT2D eigenvalue weighted by atomic mass is 9.81. The summed E-state index contributed by atoms with van der Waals surface area (Å²) in [6.07, 6.45) is 3.71. The largest absolute Gasteiger partial charge is 0.265 e. The maximum absolute atomic E-state index is 4.11. The molecule has 1 heteroatoms. The molecule has 0 atom stereocenters. The second-order valence-electron chi connectivity index (χ2n) is 6.67. The zero-order valence-corrected chi connectivity index (χ0v) is 13.2. The molecule has 0 amide bonds. The Morgan fingerprint density at radius 1 is 0.727 bits per heavy atom. The molecule has 3 aromatic rings. The minimum atomic E-state index is 0.0553. The van der Waals surface area contributed by atoms with Crippen molar-refractivity contribution in [3.63, 3.8) is 0 Å². The summed E-state index contributed by atoms with van der Waals surface area (Å²) in [5.74, 6) is 0. The van der Waals surface area contributed by atoms with Gasteiger partial charge >= 0.3 is 0 Å². The molecule has 108 valence electrons. The number of rotatable bonds is 1. The third-order valence-corrected chi connectivity index (χ3v) is 4.85. The van der Waals surface area contributed by atoms with Crippen LogP contribution in [0.25, 0.3) is 22.3 Å². The van der Waals surface area contributed by atoms with Crippen LogP contribution in [-0.4, -0.2) is 4.98 Å². The van der Waals surface area contributed by atoms with Gasteiger partial charge in [0.1, 0.15) is 0 Å². The Hall–Kier alpha value is -2.41. The van der Waals surface area contributed by atoms with Crippen molar-refractivity contribution in [2.75, 3.05) is 0 Å². The van der Waals surface area contributed by atoms with E-state index >= 15 is 0 Å². The van der Waals surface area contributed by atoms with Crippen LogP contribution in [0.15, 0.2) is 60.9 Å². The number of hydrogen-bond acceptors (Lipinski definition) is 1. The fraction of sp³-hybridized carbons (Fsp3) is 0.190. The van der Waals surface area contributed by atoms with Crippen LogP contribution in [0.4, 0.5) is 0 Å². The first kappa shape index (κ1) is 13.3. The van der Waals surface area contributed by atoms with Gasteiger partial charge in [-0.15, -0.1) is 0 Å². The van der Waals surface area contributed by atoms with Crippen molar-refractivity contribution in [1.29, 1.82) is 0 Å². The minimum Gasteiger partial charge on any atom is -0.265 e. The molecule has 2 aromatic carbocycles. The van der Waals surface area contributed by atoms with Gasteiger partial charge in [-0.3, -0.25) is 4.98 Å². The zero-order valence-electron chi connectivity index (χ0n) is 13.2. The molecule has 0 spiro atoms. The molecule has 0 N–H and O–H groups in total. The van der Waals surface area contributed by atoms with Crippen molar-refractivity contribution in [3.8, 4) is 22.3 Å². The maximum atomic E-state index is 4.11. The highest BCUT2D eigenvalue weighted by Gasteiger charge is 2.35. The smallest absolute Gasteiger partial charge is 0.0273 e. The van der Waals surface area contributed by atoms with Crippen LogP contribution in [0, 0.1) is 6.92 Å². The first-order valence-electron chi connectivity index (χ1n) is 7.74. The van der Waals surface area contributed by atoms with Gasteiger partial charge in [-0.25, -0.2) is 0 Å². The third-order valence-electron chi connectivity index (χ3n) is 4.85. The monoisotopic (exact) mass is 285 g/mol. The van der Waals surface area contributed by atoms with E-state index in [4.69, 9.17) is 0 Å². The van der Waals surface area contributed by atoms with Crippen molar-refractivity contribution in [1.82, 2.24) is 4.98 Å². The van der Waals surface area contributed by atoms with Crippen LogP contribution in [-0.2, 0) is 5.41 Å². The standard InChI is InChI=1S/C21H19N/c1-14-4-6-17-18-7-5-16(15-8-10-22-11-9-15)13-20(18)21(2,3)19(17)12-14/h4-13H,1-3H3. The van der Waals surface area contributed by atoms with E-state index in [9.17, 15) is 0 Å². The SMILES string of the molecule is Cc1ccc2c(c1)C(C)(C)c1cc(-c3ccncc3)ccc1-2. The molecular weight excluding hydrogens is 266 g/mol. The summed E-state index contributed by atoms with van der Waals surface area (Å²) in [5.41, 5.74) is 9.48. The lowest BCUT2D eigenvalue weighted by Crippen LogP contribution is -2.15. The van der Waals surface area contributed by atoms with E-state index in [1.807, 2.05) is 12.4 Å². The predicted octanol–water partition coefficient (Wildman–Crippen LogP) is 5.36. The third kappa shape index (κ3) is 1.82. The van der Waals surface area contributed by atoms with Gasteiger partial charge in [0.25, 0.3) is 0 Å². The molecule has 1 aliphatic carbocycles. The van der Waals surface area contributed by atoms with Crippen LogP contribution in [0.3, 0.4) is 0 Å². The number of hydrogen-bond donors (Lipinski definition) is 0. The van der Waals surface area contributed by atoms with Gasteiger partial charge in [0.05, 0.1) is 0 Å². The lowest BCUT2D eigenvalue weighted by Gasteiger charge is -2.22. The lowest BCUT2D eigenvalue weighted by molar-refractivity contribution is 0.660. The Kier molecular flexibility index (Phi) is 2.74. The highest BCUT2D eigenvalue weighted by Crippen LogP contribution is 2.49. The first-order chi connectivity index (χ1) is 10.6. The topological polar surface area (TPSA) is 12.9 Å². The summed E-state index contributed by atoms with van der Waals surface area (Å²) in [6.45, 7) is 6.82. The van der Waals surface area contributed by atoms with E-state index in [0.29, 0.717) is 0 Å². The summed E-state index contributed by atoms with van der Waals surface area (Å²) in [4.78, 5) is 4.11. The van der Waals surface area contributed by atoms with Crippen molar-refractivity contribution >= 4 is 0 Å². The number of aryl methyl sites for hydroxylation is 1. The summed E-state index contributed by atoms with van der Waals surface area (Å²) in [6, 6.07) is 17.8. The van der Waals surface area contributed by atoms with Crippen molar-refractivity contribution in [3.05, 3.63) is 77.6 Å². The van der Waals surface area contributed by atoms with Crippen LogP contribution in [0.5, 0.6) is 0 Å². The molecule has 0 aliphatic heterocycles. The van der Waals surface area contributed by atoms with Gasteiger partial charge in [0.2, 0.25) is 0 Å². The van der Waals surface area contributed by atoms with Gasteiger partial charge in [-0.2, -0.15) is 0 Å². The molecule has 1 aliphatic rings. The highest BCUT2D eigenvalue weighted by atomic mass is 14.6. The molecule has 0 unspecified atom stereocenters. The Morgan fingerprint density at radius 2 is 1.36 bits per heavy atom. The molecule has 22 heavy (non-hydrogen) atoms. The number of benzene rings is 2. The Morgan fingerprint density at radius 3 is 2.09 bits per heavy atom. The fourth-order valence-electron chi connectivity index (χ4n) is 3.58. The Balaban J connectivity index is 1.93. The maximum Gasteiger partial charge on any atom is 0.0273 e. The number of pyridine rings is 1. The molecular formula is C21H19N. The van der Waals surface area contributed by atoms with Gasteiger partial charge in [0, 0.05) is 17.8 Å². The van der Waals surface area contributed by atoms with Crippen LogP contribution in [0.2, 0.25) is 0 Å². The van der Waals surface area contributed by atoms with Crippen LogP contribution >= 0.6 is 0 Å².